The van der Waals surface area contributed by atoms with E-state index < -0.39 is 0 Å². The van der Waals surface area contributed by atoms with Crippen LogP contribution in [0.5, 0.6) is 0 Å². The van der Waals surface area contributed by atoms with Crippen LogP contribution in [0.25, 0.3) is 6.08 Å². The van der Waals surface area contributed by atoms with Crippen molar-refractivity contribution >= 4 is 11.9 Å². The first-order chi connectivity index (χ1) is 14.1. The molecule has 1 fully saturated rings. The van der Waals surface area contributed by atoms with Gasteiger partial charge in [-0.3, -0.25) is 4.79 Å². The largest absolute Gasteiger partial charge is 0.294 e. The number of Topliss-reactive ketones (excluding diaryl/α,β-unsaturated/α-hetero) is 1. The molecule has 0 heterocycles. The highest BCUT2D eigenvalue weighted by molar-refractivity contribution is 6.04. The molecule has 0 radical (unpaired) electrons. The van der Waals surface area contributed by atoms with Gasteiger partial charge in [0, 0.05) is 11.0 Å². The molecule has 0 aliphatic heterocycles. The third-order valence-corrected chi connectivity index (χ3v) is 6.42. The van der Waals surface area contributed by atoms with E-state index in [4.69, 9.17) is 0 Å². The molecule has 146 valence electrons. The standard InChI is InChI=1S/C28H28O/c1-28(19-9-15-25(27(28)29)20-23-12-6-3-7-13-23)26-16-8-14-24(21-26)18-17-22-10-4-2-5-11-22/h2-7,10-13,20-21,26H,8-9,14-16,19H2,1H3/b25-20+. The van der Waals surface area contributed by atoms with Gasteiger partial charge >= 0.3 is 0 Å². The van der Waals surface area contributed by atoms with E-state index in [0.29, 0.717) is 5.78 Å². The smallest absolute Gasteiger partial charge is 0.165 e. The SMILES string of the molecule is CC1(C2C=C(C#Cc3ccccc3)CCC2)CCC/C(=C\c2ccccc2)C1=O. The van der Waals surface area contributed by atoms with E-state index in [2.05, 4.69) is 43.0 Å². The van der Waals surface area contributed by atoms with Gasteiger partial charge in [0.25, 0.3) is 0 Å². The van der Waals surface area contributed by atoms with Crippen molar-refractivity contribution in [3.8, 4) is 11.8 Å². The van der Waals surface area contributed by atoms with Crippen LogP contribution in [0.4, 0.5) is 0 Å². The van der Waals surface area contributed by atoms with Crippen molar-refractivity contribution in [2.75, 3.05) is 0 Å². The third-order valence-electron chi connectivity index (χ3n) is 6.42. The minimum absolute atomic E-state index is 0.281. The fraction of sp³-hybridized carbons (Fsp3) is 0.321. The van der Waals surface area contributed by atoms with Crippen LogP contribution >= 0.6 is 0 Å². The molecule has 4 rings (SSSR count). The molecule has 29 heavy (non-hydrogen) atoms. The Balaban J connectivity index is 1.58. The summed E-state index contributed by atoms with van der Waals surface area (Å²) >= 11 is 0. The van der Waals surface area contributed by atoms with Gasteiger partial charge in [-0.1, -0.05) is 73.4 Å². The van der Waals surface area contributed by atoms with Crippen LogP contribution in [-0.2, 0) is 4.79 Å². The summed E-state index contributed by atoms with van der Waals surface area (Å²) in [5.41, 5.74) is 4.04. The number of benzene rings is 2. The maximum absolute atomic E-state index is 13.5. The molecule has 1 nitrogen and oxygen atoms in total. The van der Waals surface area contributed by atoms with E-state index in [1.807, 2.05) is 48.5 Å². The highest BCUT2D eigenvalue weighted by Gasteiger charge is 2.43. The summed E-state index contributed by atoms with van der Waals surface area (Å²) in [6.07, 6.45) is 10.6. The van der Waals surface area contributed by atoms with E-state index >= 15 is 0 Å². The minimum atomic E-state index is -0.307. The molecular weight excluding hydrogens is 352 g/mol. The molecule has 0 amide bonds. The van der Waals surface area contributed by atoms with Crippen LogP contribution in [0.3, 0.4) is 0 Å². The van der Waals surface area contributed by atoms with Gasteiger partial charge in [-0.2, -0.15) is 0 Å². The molecule has 0 spiro atoms. The second-order valence-electron chi connectivity index (χ2n) is 8.49. The highest BCUT2D eigenvalue weighted by Crippen LogP contribution is 2.46. The summed E-state index contributed by atoms with van der Waals surface area (Å²) in [5.74, 6) is 7.28. The van der Waals surface area contributed by atoms with Gasteiger partial charge in [-0.15, -0.1) is 0 Å². The van der Waals surface area contributed by atoms with E-state index in [-0.39, 0.29) is 11.3 Å². The summed E-state index contributed by atoms with van der Waals surface area (Å²) in [6, 6.07) is 20.3. The van der Waals surface area contributed by atoms with Gasteiger partial charge < -0.3 is 0 Å². The van der Waals surface area contributed by atoms with Gasteiger partial charge in [-0.05, 0) is 79.4 Å². The first-order valence-electron chi connectivity index (χ1n) is 10.7. The number of rotatable bonds is 2. The molecule has 1 saturated carbocycles. The Hall–Kier alpha value is -2.85. The number of carbonyl (C=O) groups excluding carboxylic acids is 1. The molecule has 2 atom stereocenters. The summed E-state index contributed by atoms with van der Waals surface area (Å²) in [4.78, 5) is 13.5. The van der Waals surface area contributed by atoms with Crippen molar-refractivity contribution in [2.24, 2.45) is 11.3 Å². The van der Waals surface area contributed by atoms with Crippen LogP contribution in [0, 0.1) is 23.2 Å². The van der Waals surface area contributed by atoms with E-state index in [1.54, 1.807) is 0 Å². The lowest BCUT2D eigenvalue weighted by Crippen LogP contribution is -2.39. The molecule has 1 heteroatoms. The molecule has 2 aliphatic carbocycles. The zero-order valence-corrected chi connectivity index (χ0v) is 17.2. The van der Waals surface area contributed by atoms with Crippen LogP contribution in [-0.4, -0.2) is 5.78 Å². The maximum atomic E-state index is 13.5. The summed E-state index contributed by atoms with van der Waals surface area (Å²) < 4.78 is 0. The molecule has 0 aromatic heterocycles. The first-order valence-corrected chi connectivity index (χ1v) is 10.7. The second-order valence-corrected chi connectivity index (χ2v) is 8.49. The Morgan fingerprint density at radius 2 is 1.66 bits per heavy atom. The Kier molecular flexibility index (Phi) is 5.81. The molecule has 2 unspecified atom stereocenters. The van der Waals surface area contributed by atoms with Crippen molar-refractivity contribution in [3.63, 3.8) is 0 Å². The van der Waals surface area contributed by atoms with Crippen molar-refractivity contribution in [2.45, 2.75) is 45.4 Å². The number of allylic oxidation sites excluding steroid dienone is 3. The molecule has 2 aromatic carbocycles. The molecular formula is C28H28O. The summed E-state index contributed by atoms with van der Waals surface area (Å²) in [7, 11) is 0. The number of hydrogen-bond acceptors (Lipinski definition) is 1. The zero-order valence-electron chi connectivity index (χ0n) is 17.2. The number of carbonyl (C=O) groups is 1. The van der Waals surface area contributed by atoms with Gasteiger partial charge in [0.1, 0.15) is 0 Å². The monoisotopic (exact) mass is 380 g/mol. The quantitative estimate of drug-likeness (QED) is 0.423. The lowest BCUT2D eigenvalue weighted by Gasteiger charge is -2.40. The normalized spacial score (nSPS) is 25.8. The molecule has 0 bridgehead atoms. The van der Waals surface area contributed by atoms with Crippen molar-refractivity contribution < 1.29 is 4.79 Å². The van der Waals surface area contributed by atoms with Crippen LogP contribution in [0.2, 0.25) is 0 Å². The van der Waals surface area contributed by atoms with Gasteiger partial charge in [0.2, 0.25) is 0 Å². The zero-order chi connectivity index (χ0) is 20.1. The van der Waals surface area contributed by atoms with Crippen molar-refractivity contribution in [1.82, 2.24) is 0 Å². The van der Waals surface area contributed by atoms with Crippen LogP contribution in [0.15, 0.2) is 77.9 Å². The van der Waals surface area contributed by atoms with Gasteiger partial charge in [-0.25, -0.2) is 0 Å². The Morgan fingerprint density at radius 1 is 0.931 bits per heavy atom. The van der Waals surface area contributed by atoms with Crippen LogP contribution in [0.1, 0.15) is 56.6 Å². The van der Waals surface area contributed by atoms with E-state index in [9.17, 15) is 4.79 Å². The second kappa shape index (κ2) is 8.66. The summed E-state index contributed by atoms with van der Waals surface area (Å²) in [6.45, 7) is 2.18. The average Bonchev–Trinajstić information content (AvgIpc) is 2.77. The maximum Gasteiger partial charge on any atom is 0.165 e. The molecule has 0 saturated heterocycles. The number of hydrogen-bond donors (Lipinski definition) is 0. The first kappa shape index (κ1) is 19.5. The van der Waals surface area contributed by atoms with Crippen molar-refractivity contribution in [1.29, 1.82) is 0 Å². The van der Waals surface area contributed by atoms with Crippen LogP contribution < -0.4 is 0 Å². The topological polar surface area (TPSA) is 17.1 Å². The predicted molar refractivity (Wildman–Crippen MR) is 120 cm³/mol. The third kappa shape index (κ3) is 4.43. The fourth-order valence-electron chi connectivity index (χ4n) is 4.68. The Bertz CT molecular complexity index is 985. The Morgan fingerprint density at radius 3 is 2.41 bits per heavy atom. The van der Waals surface area contributed by atoms with Gasteiger partial charge in [0.05, 0.1) is 0 Å². The van der Waals surface area contributed by atoms with E-state index in [0.717, 1.165) is 55.2 Å². The fourth-order valence-corrected chi connectivity index (χ4v) is 4.68. The lowest BCUT2D eigenvalue weighted by atomic mass is 9.62. The molecule has 0 N–H and O–H groups in total. The Labute approximate surface area is 174 Å². The lowest BCUT2D eigenvalue weighted by molar-refractivity contribution is -0.128. The average molecular weight is 381 g/mol. The molecule has 2 aromatic rings. The highest BCUT2D eigenvalue weighted by atomic mass is 16.1. The number of ketones is 1. The molecule has 2 aliphatic rings. The summed E-state index contributed by atoms with van der Waals surface area (Å²) in [5, 5.41) is 0. The predicted octanol–water partition coefficient (Wildman–Crippen LogP) is 6.61. The van der Waals surface area contributed by atoms with Crippen molar-refractivity contribution in [3.05, 3.63) is 89.0 Å². The van der Waals surface area contributed by atoms with E-state index in [1.165, 1.54) is 5.57 Å². The minimum Gasteiger partial charge on any atom is -0.294 e. The van der Waals surface area contributed by atoms with Gasteiger partial charge in [0.15, 0.2) is 5.78 Å².